The number of nitrogens with one attached hydrogen (secondary N) is 1. The van der Waals surface area contributed by atoms with Gasteiger partial charge < -0.3 is 19.4 Å². The van der Waals surface area contributed by atoms with Gasteiger partial charge in [-0.15, -0.1) is 6.42 Å². The van der Waals surface area contributed by atoms with Crippen molar-refractivity contribution in [3.63, 3.8) is 0 Å². The van der Waals surface area contributed by atoms with Crippen LogP contribution in [0.1, 0.15) is 38.4 Å². The topological polar surface area (TPSA) is 88.8 Å². The number of carbonyl (C=O) groups excluding carboxylic acids is 3. The average molecular weight is 384 g/mol. The Balaban J connectivity index is 1.91. The molecule has 1 saturated heterocycles. The zero-order valence-corrected chi connectivity index (χ0v) is 15.9. The second-order valence-electron chi connectivity index (χ2n) is 7.02. The number of likely N-dealkylation sites (tertiary alicyclic amines) is 1. The van der Waals surface area contributed by atoms with Crippen LogP contribution in [-0.2, 0) is 25.7 Å². The van der Waals surface area contributed by atoms with Crippen LogP contribution in [0, 0.1) is 23.7 Å². The van der Waals surface area contributed by atoms with Gasteiger partial charge in [0.25, 0.3) is 0 Å². The lowest BCUT2D eigenvalue weighted by atomic mass is 9.71. The minimum Gasteiger partial charge on any atom is -0.467 e. The normalized spacial score (nSPS) is 23.6. The highest BCUT2D eigenvalue weighted by Crippen LogP contribution is 2.51. The number of esters is 1. The zero-order valence-electron chi connectivity index (χ0n) is 15.9. The number of hydrogen-bond donors (Lipinski definition) is 1. The lowest BCUT2D eigenvalue weighted by Crippen LogP contribution is -2.52. The van der Waals surface area contributed by atoms with Gasteiger partial charge in [0.2, 0.25) is 11.8 Å². The van der Waals surface area contributed by atoms with E-state index in [1.54, 1.807) is 24.0 Å². The summed E-state index contributed by atoms with van der Waals surface area (Å²) in [6.07, 6.45) is 10.1. The smallest absolute Gasteiger partial charge is 0.318 e. The first-order valence-corrected chi connectivity index (χ1v) is 9.43. The molecule has 2 aliphatic rings. The van der Waals surface area contributed by atoms with Crippen LogP contribution in [0.2, 0.25) is 0 Å². The van der Waals surface area contributed by atoms with Crippen molar-refractivity contribution in [1.82, 2.24) is 10.2 Å². The van der Waals surface area contributed by atoms with E-state index < -0.39 is 11.3 Å². The number of furan rings is 1. The lowest BCUT2D eigenvalue weighted by Gasteiger charge is -2.43. The molecule has 2 atom stereocenters. The van der Waals surface area contributed by atoms with Gasteiger partial charge in [0.15, 0.2) is 0 Å². The number of rotatable bonds is 7. The molecule has 0 spiro atoms. The third kappa shape index (κ3) is 3.68. The first-order valence-electron chi connectivity index (χ1n) is 9.43. The Morgan fingerprint density at radius 3 is 3.00 bits per heavy atom. The van der Waals surface area contributed by atoms with Crippen molar-refractivity contribution in [2.45, 2.75) is 39.2 Å². The summed E-state index contributed by atoms with van der Waals surface area (Å²) in [6.45, 7) is 2.32. The van der Waals surface area contributed by atoms with E-state index >= 15 is 0 Å². The van der Waals surface area contributed by atoms with Crippen LogP contribution in [-0.4, -0.2) is 35.8 Å². The third-order valence-electron chi connectivity index (χ3n) is 5.28. The molecule has 1 aliphatic carbocycles. The molecule has 1 N–H and O–H groups in total. The molecule has 2 amide bonds. The van der Waals surface area contributed by atoms with Gasteiger partial charge in [0.1, 0.15) is 11.2 Å². The van der Waals surface area contributed by atoms with Crippen LogP contribution >= 0.6 is 0 Å². The lowest BCUT2D eigenvalue weighted by molar-refractivity contribution is -0.161. The summed E-state index contributed by atoms with van der Waals surface area (Å²) in [4.78, 5) is 39.9. The van der Waals surface area contributed by atoms with Gasteiger partial charge in [-0.1, -0.05) is 12.0 Å². The van der Waals surface area contributed by atoms with Crippen molar-refractivity contribution in [3.8, 4) is 12.3 Å². The Morgan fingerprint density at radius 2 is 2.32 bits per heavy atom. The molecule has 1 fully saturated rings. The van der Waals surface area contributed by atoms with Crippen molar-refractivity contribution in [2.24, 2.45) is 11.3 Å². The molecule has 148 valence electrons. The maximum Gasteiger partial charge on any atom is 0.318 e. The van der Waals surface area contributed by atoms with E-state index in [2.05, 4.69) is 11.2 Å². The Labute approximate surface area is 164 Å². The monoisotopic (exact) mass is 384 g/mol. The third-order valence-corrected chi connectivity index (χ3v) is 5.28. The van der Waals surface area contributed by atoms with Gasteiger partial charge in [-0.3, -0.25) is 14.4 Å². The van der Waals surface area contributed by atoms with Gasteiger partial charge in [-0.25, -0.2) is 0 Å². The number of nitrogens with zero attached hydrogens (tertiary/aromatic N) is 1. The molecule has 0 unspecified atom stereocenters. The number of amides is 2. The van der Waals surface area contributed by atoms with Crippen molar-refractivity contribution in [2.75, 3.05) is 13.2 Å². The number of carbonyl (C=O) groups is 3. The number of hydrogen-bond acceptors (Lipinski definition) is 5. The fourth-order valence-electron chi connectivity index (χ4n) is 4.09. The SMILES string of the molecule is C#CCNC(=O)C[C@H]1C[C@@]2(C(=O)OCC)CCC=C2N(Cc2ccco2)C1=O. The molecule has 0 bridgehead atoms. The van der Waals surface area contributed by atoms with E-state index in [1.807, 2.05) is 6.08 Å². The summed E-state index contributed by atoms with van der Waals surface area (Å²) < 4.78 is 10.8. The second-order valence-corrected chi connectivity index (χ2v) is 7.02. The molecular weight excluding hydrogens is 360 g/mol. The van der Waals surface area contributed by atoms with Crippen molar-refractivity contribution < 1.29 is 23.5 Å². The minimum atomic E-state index is -0.909. The van der Waals surface area contributed by atoms with Crippen LogP contribution in [0.25, 0.3) is 0 Å². The largest absolute Gasteiger partial charge is 0.467 e. The molecule has 7 heteroatoms. The van der Waals surface area contributed by atoms with Crippen LogP contribution in [0.4, 0.5) is 0 Å². The Kier molecular flexibility index (Phi) is 5.88. The summed E-state index contributed by atoms with van der Waals surface area (Å²) in [5, 5.41) is 2.59. The highest BCUT2D eigenvalue weighted by Gasteiger charge is 2.55. The average Bonchev–Trinajstić information content (AvgIpc) is 3.33. The standard InChI is InChI=1S/C21H24N2O5/c1-3-10-22-18(24)12-15-13-21(20(26)27-4-2)9-5-8-17(21)23(19(15)25)14-16-7-6-11-28-16/h1,6-8,11,15H,4-5,9-10,12-14H2,2H3,(H,22,24)/t15-,21-/m0/s1. The molecule has 1 aromatic rings. The van der Waals surface area contributed by atoms with E-state index in [9.17, 15) is 14.4 Å². The summed E-state index contributed by atoms with van der Waals surface area (Å²) in [5.41, 5.74) is -0.249. The highest BCUT2D eigenvalue weighted by molar-refractivity contribution is 5.92. The Bertz CT molecular complexity index is 820. The Hall–Kier alpha value is -3.01. The summed E-state index contributed by atoms with van der Waals surface area (Å²) in [6, 6.07) is 3.52. The van der Waals surface area contributed by atoms with Gasteiger partial charge in [0.05, 0.1) is 26.0 Å². The molecule has 0 saturated carbocycles. The molecule has 2 heterocycles. The van der Waals surface area contributed by atoms with E-state index in [-0.39, 0.29) is 50.3 Å². The van der Waals surface area contributed by atoms with E-state index in [0.29, 0.717) is 24.3 Å². The van der Waals surface area contributed by atoms with Crippen LogP contribution in [0.5, 0.6) is 0 Å². The molecular formula is C21H24N2O5. The predicted molar refractivity (Wildman–Crippen MR) is 100 cm³/mol. The van der Waals surface area contributed by atoms with E-state index in [0.717, 1.165) is 0 Å². The fraction of sp³-hybridized carbons (Fsp3) is 0.476. The number of piperidine rings is 1. The molecule has 7 nitrogen and oxygen atoms in total. The maximum absolute atomic E-state index is 13.2. The van der Waals surface area contributed by atoms with Gasteiger partial charge in [-0.05, 0) is 38.3 Å². The van der Waals surface area contributed by atoms with Gasteiger partial charge in [0, 0.05) is 18.0 Å². The molecule has 3 rings (SSSR count). The Morgan fingerprint density at radius 1 is 1.50 bits per heavy atom. The first-order chi connectivity index (χ1) is 13.5. The molecule has 1 aromatic heterocycles. The van der Waals surface area contributed by atoms with Crippen LogP contribution < -0.4 is 5.32 Å². The maximum atomic E-state index is 13.2. The quantitative estimate of drug-likeness (QED) is 0.574. The number of ether oxygens (including phenoxy) is 1. The summed E-state index contributed by atoms with van der Waals surface area (Å²) in [5.74, 6) is 1.47. The van der Waals surface area contributed by atoms with Crippen molar-refractivity contribution in [1.29, 1.82) is 0 Å². The fourth-order valence-corrected chi connectivity index (χ4v) is 4.09. The minimum absolute atomic E-state index is 0.0242. The summed E-state index contributed by atoms with van der Waals surface area (Å²) in [7, 11) is 0. The second kappa shape index (κ2) is 8.34. The zero-order chi connectivity index (χ0) is 20.1. The van der Waals surface area contributed by atoms with Crippen molar-refractivity contribution >= 4 is 17.8 Å². The molecule has 0 aromatic carbocycles. The van der Waals surface area contributed by atoms with Crippen LogP contribution in [0.3, 0.4) is 0 Å². The number of terminal acetylenes is 1. The van der Waals surface area contributed by atoms with E-state index in [1.165, 1.54) is 6.26 Å². The predicted octanol–water partition coefficient (Wildman–Crippen LogP) is 1.99. The molecule has 0 radical (unpaired) electrons. The summed E-state index contributed by atoms with van der Waals surface area (Å²) >= 11 is 0. The van der Waals surface area contributed by atoms with Crippen LogP contribution in [0.15, 0.2) is 34.6 Å². The van der Waals surface area contributed by atoms with Crippen molar-refractivity contribution in [3.05, 3.63) is 35.9 Å². The van der Waals surface area contributed by atoms with Gasteiger partial charge >= 0.3 is 5.97 Å². The molecule has 1 aliphatic heterocycles. The molecule has 28 heavy (non-hydrogen) atoms. The first kappa shape index (κ1) is 19.7. The van der Waals surface area contributed by atoms with Gasteiger partial charge in [-0.2, -0.15) is 0 Å². The number of fused-ring (bicyclic) bond motifs is 1. The number of allylic oxidation sites excluding steroid dienone is 1. The van der Waals surface area contributed by atoms with E-state index in [4.69, 9.17) is 15.6 Å². The highest BCUT2D eigenvalue weighted by atomic mass is 16.5.